The first-order chi connectivity index (χ1) is 13.4. The summed E-state index contributed by atoms with van der Waals surface area (Å²) in [5.74, 6) is -0.0257. The van der Waals surface area contributed by atoms with Crippen molar-refractivity contribution >= 4 is 45.6 Å². The highest BCUT2D eigenvalue weighted by atomic mass is 32.1. The zero-order valence-electron chi connectivity index (χ0n) is 16.8. The van der Waals surface area contributed by atoms with Crippen LogP contribution in [0, 0.1) is 11.3 Å². The van der Waals surface area contributed by atoms with Gasteiger partial charge in [-0.3, -0.25) is 4.79 Å². The fourth-order valence-corrected chi connectivity index (χ4v) is 5.58. The van der Waals surface area contributed by atoms with Crippen LogP contribution in [0.3, 0.4) is 0 Å². The molecule has 150 valence electrons. The first-order valence-electron chi connectivity index (χ1n) is 9.61. The molecule has 1 unspecified atom stereocenters. The van der Waals surface area contributed by atoms with Gasteiger partial charge in [0.25, 0.3) is 0 Å². The van der Waals surface area contributed by atoms with Crippen LogP contribution in [0.1, 0.15) is 59.3 Å². The van der Waals surface area contributed by atoms with Crippen LogP contribution in [-0.4, -0.2) is 19.0 Å². The van der Waals surface area contributed by atoms with Gasteiger partial charge in [-0.1, -0.05) is 33.3 Å². The molecule has 3 rings (SSSR count). The molecular weight excluding hydrogens is 390 g/mol. The molecule has 1 N–H and O–H groups in total. The highest BCUT2D eigenvalue weighted by Crippen LogP contribution is 2.45. The molecular formula is C22H27NO3S2. The summed E-state index contributed by atoms with van der Waals surface area (Å²) in [7, 11) is 1.39. The van der Waals surface area contributed by atoms with Gasteiger partial charge in [0.15, 0.2) is 0 Å². The molecule has 1 aliphatic rings. The van der Waals surface area contributed by atoms with E-state index in [4.69, 9.17) is 4.74 Å². The van der Waals surface area contributed by atoms with Gasteiger partial charge < -0.3 is 10.1 Å². The maximum absolute atomic E-state index is 12.4. The van der Waals surface area contributed by atoms with Gasteiger partial charge >= 0.3 is 5.97 Å². The van der Waals surface area contributed by atoms with E-state index in [1.54, 1.807) is 17.4 Å². The van der Waals surface area contributed by atoms with E-state index in [9.17, 15) is 9.59 Å². The Morgan fingerprint density at radius 2 is 2.18 bits per heavy atom. The maximum atomic E-state index is 12.4. The van der Waals surface area contributed by atoms with Gasteiger partial charge in [0.05, 0.1) is 12.7 Å². The van der Waals surface area contributed by atoms with E-state index in [0.717, 1.165) is 36.1 Å². The number of carbonyl (C=O) groups excluding carboxylic acids is 2. The van der Waals surface area contributed by atoms with Crippen LogP contribution in [0.25, 0.3) is 6.08 Å². The molecule has 0 bridgehead atoms. The molecule has 2 heterocycles. The molecule has 1 atom stereocenters. The predicted molar refractivity (Wildman–Crippen MR) is 117 cm³/mol. The van der Waals surface area contributed by atoms with Crippen molar-refractivity contribution in [3.8, 4) is 0 Å². The Balaban J connectivity index is 1.85. The van der Waals surface area contributed by atoms with E-state index in [1.165, 1.54) is 29.4 Å². The van der Waals surface area contributed by atoms with Gasteiger partial charge in [0.2, 0.25) is 5.91 Å². The summed E-state index contributed by atoms with van der Waals surface area (Å²) in [6, 6.07) is 3.90. The summed E-state index contributed by atoms with van der Waals surface area (Å²) < 4.78 is 5.02. The summed E-state index contributed by atoms with van der Waals surface area (Å²) in [5.41, 5.74) is 1.85. The summed E-state index contributed by atoms with van der Waals surface area (Å²) in [6.07, 6.45) is 7.27. The molecule has 0 aliphatic heterocycles. The van der Waals surface area contributed by atoms with E-state index < -0.39 is 0 Å². The zero-order valence-corrected chi connectivity index (χ0v) is 18.5. The Morgan fingerprint density at radius 3 is 2.82 bits per heavy atom. The number of anilines is 1. The Bertz CT molecular complexity index is 878. The standard InChI is InChI=1S/C22H27NO3S2/c1-5-22(2,3)14-8-10-16-17(13-14)28-20(19(16)21(25)26-4)23-18(24)11-9-15-7-6-12-27-15/h6-7,9,11-12,14H,5,8,10,13H2,1-4H3,(H,23,24)/b11-9+. The summed E-state index contributed by atoms with van der Waals surface area (Å²) in [6.45, 7) is 6.86. The van der Waals surface area contributed by atoms with E-state index in [-0.39, 0.29) is 17.3 Å². The highest BCUT2D eigenvalue weighted by molar-refractivity contribution is 7.17. The van der Waals surface area contributed by atoms with Crippen LogP contribution < -0.4 is 5.32 Å². The molecule has 0 saturated heterocycles. The Hall–Kier alpha value is -1.92. The number of methoxy groups -OCH3 is 1. The highest BCUT2D eigenvalue weighted by Gasteiger charge is 2.35. The number of fused-ring (bicyclic) bond motifs is 1. The molecule has 1 amide bonds. The third-order valence-corrected chi connectivity index (χ3v) is 7.86. The van der Waals surface area contributed by atoms with Crippen molar-refractivity contribution in [2.24, 2.45) is 11.3 Å². The van der Waals surface area contributed by atoms with Gasteiger partial charge in [-0.15, -0.1) is 22.7 Å². The minimum absolute atomic E-state index is 0.234. The first kappa shape index (κ1) is 20.8. The second-order valence-corrected chi connectivity index (χ2v) is 9.90. The molecule has 0 aromatic carbocycles. The fraction of sp³-hybridized carbons (Fsp3) is 0.455. The van der Waals surface area contributed by atoms with Gasteiger partial charge in [0.1, 0.15) is 5.00 Å². The van der Waals surface area contributed by atoms with Gasteiger partial charge in [-0.05, 0) is 53.7 Å². The van der Waals surface area contributed by atoms with E-state index in [2.05, 4.69) is 26.1 Å². The molecule has 4 nitrogen and oxygen atoms in total. The lowest BCUT2D eigenvalue weighted by molar-refractivity contribution is -0.111. The minimum Gasteiger partial charge on any atom is -0.465 e. The fourth-order valence-electron chi connectivity index (χ4n) is 3.65. The van der Waals surface area contributed by atoms with Crippen LogP contribution >= 0.6 is 22.7 Å². The summed E-state index contributed by atoms with van der Waals surface area (Å²) >= 11 is 3.09. The van der Waals surface area contributed by atoms with Crippen molar-refractivity contribution in [3.05, 3.63) is 44.5 Å². The van der Waals surface area contributed by atoms with Crippen LogP contribution in [0.4, 0.5) is 5.00 Å². The van der Waals surface area contributed by atoms with E-state index >= 15 is 0 Å². The molecule has 28 heavy (non-hydrogen) atoms. The Morgan fingerprint density at radius 1 is 1.39 bits per heavy atom. The van der Waals surface area contributed by atoms with Crippen LogP contribution in [-0.2, 0) is 22.4 Å². The predicted octanol–water partition coefficient (Wildman–Crippen LogP) is 5.79. The van der Waals surface area contributed by atoms with Crippen molar-refractivity contribution < 1.29 is 14.3 Å². The van der Waals surface area contributed by atoms with Crippen molar-refractivity contribution in [2.45, 2.75) is 46.5 Å². The Labute approximate surface area is 174 Å². The number of ether oxygens (including phenoxy) is 1. The third-order valence-electron chi connectivity index (χ3n) is 5.85. The molecule has 2 aromatic rings. The quantitative estimate of drug-likeness (QED) is 0.478. The molecule has 1 aliphatic carbocycles. The summed E-state index contributed by atoms with van der Waals surface area (Å²) in [4.78, 5) is 27.1. The number of nitrogens with one attached hydrogen (secondary N) is 1. The third kappa shape index (κ3) is 4.39. The SMILES string of the molecule is CCC(C)(C)C1CCc2c(sc(NC(=O)/C=C/c3cccs3)c2C(=O)OC)C1. The molecule has 0 spiro atoms. The second-order valence-electron chi connectivity index (χ2n) is 7.82. The average Bonchev–Trinajstić information content (AvgIpc) is 3.32. The average molecular weight is 418 g/mol. The number of hydrogen-bond acceptors (Lipinski definition) is 5. The van der Waals surface area contributed by atoms with E-state index in [1.807, 2.05) is 17.5 Å². The second kappa shape index (κ2) is 8.62. The molecule has 0 fully saturated rings. The van der Waals surface area contributed by atoms with Crippen molar-refractivity contribution in [3.63, 3.8) is 0 Å². The topological polar surface area (TPSA) is 55.4 Å². The number of hydrogen-bond donors (Lipinski definition) is 1. The lowest BCUT2D eigenvalue weighted by Gasteiger charge is -2.36. The van der Waals surface area contributed by atoms with Gasteiger partial charge in [0, 0.05) is 15.8 Å². The number of esters is 1. The van der Waals surface area contributed by atoms with Gasteiger partial charge in [-0.2, -0.15) is 0 Å². The van der Waals surface area contributed by atoms with E-state index in [0.29, 0.717) is 16.5 Å². The minimum atomic E-state index is -0.372. The van der Waals surface area contributed by atoms with Crippen molar-refractivity contribution in [2.75, 3.05) is 12.4 Å². The smallest absolute Gasteiger partial charge is 0.341 e. The van der Waals surface area contributed by atoms with Crippen LogP contribution in [0.15, 0.2) is 23.6 Å². The number of thiophene rings is 2. The number of carbonyl (C=O) groups is 2. The lowest BCUT2D eigenvalue weighted by atomic mass is 9.69. The zero-order chi connectivity index (χ0) is 20.3. The molecule has 0 saturated carbocycles. The van der Waals surface area contributed by atoms with Crippen LogP contribution in [0.5, 0.6) is 0 Å². The monoisotopic (exact) mass is 417 g/mol. The molecule has 0 radical (unpaired) electrons. The molecule has 2 aromatic heterocycles. The number of rotatable bonds is 6. The lowest BCUT2D eigenvalue weighted by Crippen LogP contribution is -2.28. The van der Waals surface area contributed by atoms with Gasteiger partial charge in [-0.25, -0.2) is 4.79 Å². The largest absolute Gasteiger partial charge is 0.465 e. The van der Waals surface area contributed by atoms with Crippen molar-refractivity contribution in [1.82, 2.24) is 0 Å². The Kier molecular flexibility index (Phi) is 6.40. The molecule has 6 heteroatoms. The van der Waals surface area contributed by atoms with Crippen molar-refractivity contribution in [1.29, 1.82) is 0 Å². The normalized spacial score (nSPS) is 16.8. The summed E-state index contributed by atoms with van der Waals surface area (Å²) in [5, 5.41) is 5.48. The van der Waals surface area contributed by atoms with Crippen LogP contribution in [0.2, 0.25) is 0 Å². The number of amides is 1. The maximum Gasteiger partial charge on any atom is 0.341 e. The first-order valence-corrected chi connectivity index (χ1v) is 11.3.